The van der Waals surface area contributed by atoms with Gasteiger partial charge in [-0.15, -0.1) is 5.10 Å². The summed E-state index contributed by atoms with van der Waals surface area (Å²) in [5, 5.41) is 8.91. The van der Waals surface area contributed by atoms with Gasteiger partial charge in [0, 0.05) is 16.1 Å². The van der Waals surface area contributed by atoms with Crippen molar-refractivity contribution in [3.63, 3.8) is 0 Å². The maximum atomic E-state index is 6.23. The molecule has 2 rings (SSSR count). The van der Waals surface area contributed by atoms with Gasteiger partial charge in [-0.3, -0.25) is 0 Å². The number of halogens is 2. The van der Waals surface area contributed by atoms with E-state index in [1.54, 1.807) is 0 Å². The molecular weight excluding hydrogens is 301 g/mol. The molecule has 3 nitrogen and oxygen atoms in total. The second-order valence-corrected chi connectivity index (χ2v) is 5.84. The van der Waals surface area contributed by atoms with E-state index in [0.717, 1.165) is 29.1 Å². The Morgan fingerprint density at radius 1 is 1.32 bits per heavy atom. The molecule has 0 radical (unpaired) electrons. The summed E-state index contributed by atoms with van der Waals surface area (Å²) in [5.41, 5.74) is 1.92. The summed E-state index contributed by atoms with van der Waals surface area (Å²) in [6, 6.07) is 5.73. The Morgan fingerprint density at radius 2 is 2.00 bits per heavy atom. The van der Waals surface area contributed by atoms with Crippen LogP contribution in [-0.2, 0) is 6.42 Å². The molecule has 0 saturated heterocycles. The van der Waals surface area contributed by atoms with E-state index in [1.807, 2.05) is 25.1 Å². The number of rotatable bonds is 5. The summed E-state index contributed by atoms with van der Waals surface area (Å²) in [4.78, 5) is 1.14. The van der Waals surface area contributed by atoms with Gasteiger partial charge >= 0.3 is 0 Å². The summed E-state index contributed by atoms with van der Waals surface area (Å²) in [5.74, 6) is 0. The van der Waals surface area contributed by atoms with Crippen LogP contribution in [0, 0.1) is 6.92 Å². The molecule has 0 spiro atoms. The lowest BCUT2D eigenvalue weighted by Gasteiger charge is -2.18. The first-order chi connectivity index (χ1) is 9.13. The number of nitrogens with one attached hydrogen (secondary N) is 1. The van der Waals surface area contributed by atoms with Crippen molar-refractivity contribution >= 4 is 34.7 Å². The fourth-order valence-electron chi connectivity index (χ4n) is 1.99. The van der Waals surface area contributed by atoms with E-state index in [1.165, 1.54) is 11.5 Å². The fourth-order valence-corrected chi connectivity index (χ4v) is 3.26. The Labute approximate surface area is 127 Å². The smallest absolute Gasteiger partial charge is 0.0772 e. The maximum Gasteiger partial charge on any atom is 0.0772 e. The van der Waals surface area contributed by atoms with Crippen LogP contribution < -0.4 is 5.32 Å². The standard InChI is InChI=1S/C13H15Cl2N3S/c1-3-16-12(13-8(2)17-18-19-13)7-9-10(14)5-4-6-11(9)15/h4-6,12,16H,3,7H2,1-2H3. The molecule has 102 valence electrons. The average Bonchev–Trinajstić information content (AvgIpc) is 2.79. The summed E-state index contributed by atoms with van der Waals surface area (Å²) in [7, 11) is 0. The first-order valence-corrected chi connectivity index (χ1v) is 7.61. The molecule has 1 heterocycles. The van der Waals surface area contributed by atoms with Crippen molar-refractivity contribution in [2.45, 2.75) is 26.3 Å². The molecule has 0 aliphatic rings. The van der Waals surface area contributed by atoms with E-state index in [4.69, 9.17) is 23.2 Å². The molecule has 1 N–H and O–H groups in total. The maximum absolute atomic E-state index is 6.23. The molecule has 19 heavy (non-hydrogen) atoms. The third-order valence-corrected chi connectivity index (χ3v) is 4.57. The van der Waals surface area contributed by atoms with Crippen molar-refractivity contribution in [3.8, 4) is 0 Å². The van der Waals surface area contributed by atoms with E-state index in [-0.39, 0.29) is 6.04 Å². The monoisotopic (exact) mass is 315 g/mol. The largest absolute Gasteiger partial charge is 0.309 e. The summed E-state index contributed by atoms with van der Waals surface area (Å²) in [6.45, 7) is 4.91. The highest BCUT2D eigenvalue weighted by atomic mass is 35.5. The van der Waals surface area contributed by atoms with Crippen molar-refractivity contribution in [2.24, 2.45) is 0 Å². The highest BCUT2D eigenvalue weighted by molar-refractivity contribution is 7.05. The van der Waals surface area contributed by atoms with Gasteiger partial charge in [0.1, 0.15) is 0 Å². The number of aromatic nitrogens is 2. The zero-order valence-electron chi connectivity index (χ0n) is 10.8. The Hall–Kier alpha value is -0.680. The third-order valence-electron chi connectivity index (χ3n) is 2.92. The summed E-state index contributed by atoms with van der Waals surface area (Å²) >= 11 is 13.9. The van der Waals surface area contributed by atoms with Gasteiger partial charge in [0.25, 0.3) is 0 Å². The number of aryl methyl sites for hydroxylation is 1. The molecule has 2 aromatic rings. The van der Waals surface area contributed by atoms with Gasteiger partial charge in [0.2, 0.25) is 0 Å². The molecule has 1 aromatic carbocycles. The number of nitrogens with zero attached hydrogens (tertiary/aromatic N) is 2. The van der Waals surface area contributed by atoms with E-state index < -0.39 is 0 Å². The molecular formula is C13H15Cl2N3S. The quantitative estimate of drug-likeness (QED) is 0.904. The van der Waals surface area contributed by atoms with Crippen LogP contribution in [-0.4, -0.2) is 16.1 Å². The van der Waals surface area contributed by atoms with E-state index in [0.29, 0.717) is 10.0 Å². The Balaban J connectivity index is 2.29. The normalized spacial score (nSPS) is 12.6. The molecule has 1 atom stereocenters. The zero-order valence-corrected chi connectivity index (χ0v) is 13.1. The highest BCUT2D eigenvalue weighted by Gasteiger charge is 2.19. The van der Waals surface area contributed by atoms with Crippen molar-refractivity contribution in [3.05, 3.63) is 44.4 Å². The first-order valence-electron chi connectivity index (χ1n) is 6.08. The molecule has 0 aliphatic carbocycles. The van der Waals surface area contributed by atoms with Gasteiger partial charge in [-0.25, -0.2) is 0 Å². The van der Waals surface area contributed by atoms with Crippen LogP contribution in [0.1, 0.15) is 29.1 Å². The van der Waals surface area contributed by atoms with Gasteiger partial charge in [-0.2, -0.15) is 0 Å². The first kappa shape index (κ1) is 14.7. The van der Waals surface area contributed by atoms with E-state index >= 15 is 0 Å². The molecule has 0 bridgehead atoms. The van der Waals surface area contributed by atoms with Gasteiger partial charge < -0.3 is 5.32 Å². The molecule has 1 unspecified atom stereocenters. The second-order valence-electron chi connectivity index (χ2n) is 4.24. The zero-order chi connectivity index (χ0) is 13.8. The minimum absolute atomic E-state index is 0.141. The molecule has 0 amide bonds. The van der Waals surface area contributed by atoms with Crippen LogP contribution in [0.2, 0.25) is 10.0 Å². The molecule has 0 saturated carbocycles. The predicted molar refractivity (Wildman–Crippen MR) is 81.2 cm³/mol. The Morgan fingerprint density at radius 3 is 2.53 bits per heavy atom. The lowest BCUT2D eigenvalue weighted by Crippen LogP contribution is -2.23. The SMILES string of the molecule is CCNC(Cc1c(Cl)cccc1Cl)c1snnc1C. The van der Waals surface area contributed by atoms with Crippen molar-refractivity contribution < 1.29 is 0 Å². The fraction of sp³-hybridized carbons (Fsp3) is 0.385. The van der Waals surface area contributed by atoms with Gasteiger partial charge in [-0.05, 0) is 49.1 Å². The third kappa shape index (κ3) is 3.45. The predicted octanol–water partition coefficient (Wildman–Crippen LogP) is 4.05. The van der Waals surface area contributed by atoms with Gasteiger partial charge in [0.05, 0.1) is 10.6 Å². The van der Waals surface area contributed by atoms with Crippen LogP contribution >= 0.6 is 34.7 Å². The molecule has 0 fully saturated rings. The van der Waals surface area contributed by atoms with Crippen molar-refractivity contribution in [1.29, 1.82) is 0 Å². The van der Waals surface area contributed by atoms with Crippen LogP contribution in [0.3, 0.4) is 0 Å². The Bertz CT molecular complexity index is 536. The van der Waals surface area contributed by atoms with E-state index in [2.05, 4.69) is 21.8 Å². The van der Waals surface area contributed by atoms with Crippen LogP contribution in [0.5, 0.6) is 0 Å². The molecule has 1 aromatic heterocycles. The Kier molecular flexibility index (Phi) is 5.16. The lowest BCUT2D eigenvalue weighted by molar-refractivity contribution is 0.555. The minimum Gasteiger partial charge on any atom is -0.309 e. The summed E-state index contributed by atoms with van der Waals surface area (Å²) < 4.78 is 4.00. The number of likely N-dealkylation sites (N-methyl/N-ethyl adjacent to an activating group) is 1. The van der Waals surface area contributed by atoms with Gasteiger partial charge in [0.15, 0.2) is 0 Å². The van der Waals surface area contributed by atoms with Crippen molar-refractivity contribution in [2.75, 3.05) is 6.54 Å². The highest BCUT2D eigenvalue weighted by Crippen LogP contribution is 2.31. The van der Waals surface area contributed by atoms with Crippen LogP contribution in [0.15, 0.2) is 18.2 Å². The summed E-state index contributed by atoms with van der Waals surface area (Å²) in [6.07, 6.45) is 0.733. The second kappa shape index (κ2) is 6.66. The number of hydrogen-bond donors (Lipinski definition) is 1. The lowest BCUT2D eigenvalue weighted by atomic mass is 10.0. The van der Waals surface area contributed by atoms with E-state index in [9.17, 15) is 0 Å². The van der Waals surface area contributed by atoms with Gasteiger partial charge in [-0.1, -0.05) is 40.7 Å². The minimum atomic E-state index is 0.141. The van der Waals surface area contributed by atoms with Crippen LogP contribution in [0.4, 0.5) is 0 Å². The van der Waals surface area contributed by atoms with Crippen molar-refractivity contribution in [1.82, 2.24) is 14.9 Å². The molecule has 6 heteroatoms. The number of benzene rings is 1. The van der Waals surface area contributed by atoms with Crippen LogP contribution in [0.25, 0.3) is 0 Å². The number of hydrogen-bond acceptors (Lipinski definition) is 4. The average molecular weight is 316 g/mol. The molecule has 0 aliphatic heterocycles. The topological polar surface area (TPSA) is 37.8 Å².